The lowest BCUT2D eigenvalue weighted by molar-refractivity contribution is -0.139. The quantitative estimate of drug-likeness (QED) is 0.238. The van der Waals surface area contributed by atoms with E-state index in [1.807, 2.05) is 67.6 Å². The van der Waals surface area contributed by atoms with Crippen LogP contribution in [0.25, 0.3) is 0 Å². The molecule has 3 rings (SSSR count). The normalized spacial score (nSPS) is 11.7. The van der Waals surface area contributed by atoms with Gasteiger partial charge in [-0.3, -0.25) is 9.59 Å². The molecule has 0 aliphatic carbocycles. The van der Waals surface area contributed by atoms with Gasteiger partial charge in [0.25, 0.3) is 0 Å². The van der Waals surface area contributed by atoms with Crippen LogP contribution < -0.4 is 5.32 Å². The van der Waals surface area contributed by atoms with E-state index >= 15 is 0 Å². The Labute approximate surface area is 235 Å². The highest BCUT2D eigenvalue weighted by molar-refractivity contribution is 9.10. The van der Waals surface area contributed by atoms with Crippen molar-refractivity contribution in [3.63, 3.8) is 0 Å². The first-order valence-corrected chi connectivity index (χ1v) is 14.4. The van der Waals surface area contributed by atoms with Crippen LogP contribution in [0, 0.1) is 0 Å². The average Bonchev–Trinajstić information content (AvgIpc) is 2.88. The van der Waals surface area contributed by atoms with Gasteiger partial charge in [-0.2, -0.15) is 0 Å². The first-order valence-electron chi connectivity index (χ1n) is 11.7. The lowest BCUT2D eigenvalue weighted by Gasteiger charge is -2.31. The van der Waals surface area contributed by atoms with Gasteiger partial charge in [-0.15, -0.1) is 11.8 Å². The number of halogens is 3. The Morgan fingerprint density at radius 1 is 0.944 bits per heavy atom. The van der Waals surface area contributed by atoms with Crippen LogP contribution in [-0.4, -0.2) is 35.1 Å². The Kier molecular flexibility index (Phi) is 11.6. The standard InChI is InChI=1S/C28H29BrCl2N2O2S/c1-2-14-32-28(35)26(16-20-6-4-3-5-7-20)33(17-22-10-13-24(30)25(31)15-22)27(34)19-36-18-21-8-11-23(29)12-9-21/h3-13,15,26H,2,14,16-19H2,1H3,(H,32,35)/t26-/m1/s1. The average molecular weight is 608 g/mol. The van der Waals surface area contributed by atoms with Crippen LogP contribution in [0.2, 0.25) is 10.0 Å². The Morgan fingerprint density at radius 3 is 2.31 bits per heavy atom. The molecule has 0 spiro atoms. The number of rotatable bonds is 12. The number of nitrogens with zero attached hydrogens (tertiary/aromatic N) is 1. The van der Waals surface area contributed by atoms with Gasteiger partial charge in [0, 0.05) is 29.7 Å². The van der Waals surface area contributed by atoms with Gasteiger partial charge in [0.05, 0.1) is 15.8 Å². The fourth-order valence-electron chi connectivity index (χ4n) is 3.67. The predicted octanol–water partition coefficient (Wildman–Crippen LogP) is 7.16. The van der Waals surface area contributed by atoms with Crippen molar-refractivity contribution in [1.29, 1.82) is 0 Å². The van der Waals surface area contributed by atoms with Crippen molar-refractivity contribution in [2.24, 2.45) is 0 Å². The largest absolute Gasteiger partial charge is 0.354 e. The smallest absolute Gasteiger partial charge is 0.243 e. The lowest BCUT2D eigenvalue weighted by atomic mass is 10.0. The summed E-state index contributed by atoms with van der Waals surface area (Å²) in [5, 5.41) is 3.86. The third-order valence-corrected chi connectivity index (χ3v) is 7.82. The molecule has 4 nitrogen and oxygen atoms in total. The molecule has 0 heterocycles. The minimum Gasteiger partial charge on any atom is -0.354 e. The summed E-state index contributed by atoms with van der Waals surface area (Å²) in [4.78, 5) is 28.6. The molecule has 0 saturated carbocycles. The number of hydrogen-bond donors (Lipinski definition) is 1. The summed E-state index contributed by atoms with van der Waals surface area (Å²) in [5.41, 5.74) is 2.94. The topological polar surface area (TPSA) is 49.4 Å². The van der Waals surface area contributed by atoms with E-state index in [9.17, 15) is 9.59 Å². The molecular weight excluding hydrogens is 579 g/mol. The summed E-state index contributed by atoms with van der Waals surface area (Å²) in [5.74, 6) is 0.692. The summed E-state index contributed by atoms with van der Waals surface area (Å²) in [7, 11) is 0. The van der Waals surface area contributed by atoms with Crippen molar-refractivity contribution >= 4 is 62.7 Å². The maximum Gasteiger partial charge on any atom is 0.243 e. The molecule has 0 saturated heterocycles. The zero-order chi connectivity index (χ0) is 25.9. The molecule has 1 N–H and O–H groups in total. The molecule has 2 amide bonds. The minimum absolute atomic E-state index is 0.101. The first-order chi connectivity index (χ1) is 17.4. The van der Waals surface area contributed by atoms with Crippen molar-refractivity contribution in [3.05, 3.63) is 104 Å². The second-order valence-electron chi connectivity index (χ2n) is 8.39. The second kappa shape index (κ2) is 14.7. The van der Waals surface area contributed by atoms with Gasteiger partial charge in [0.2, 0.25) is 11.8 Å². The molecule has 36 heavy (non-hydrogen) atoms. The number of hydrogen-bond acceptors (Lipinski definition) is 3. The van der Waals surface area contributed by atoms with Crippen LogP contribution in [0.4, 0.5) is 0 Å². The summed E-state index contributed by atoms with van der Waals surface area (Å²) in [6.07, 6.45) is 1.23. The second-order valence-corrected chi connectivity index (χ2v) is 11.1. The molecule has 0 aliphatic rings. The van der Waals surface area contributed by atoms with Gasteiger partial charge in [-0.05, 0) is 47.4 Å². The minimum atomic E-state index is -0.658. The molecule has 0 radical (unpaired) electrons. The molecule has 0 aromatic heterocycles. The molecule has 0 unspecified atom stereocenters. The number of carbonyl (C=O) groups is 2. The van der Waals surface area contributed by atoms with Gasteiger partial charge < -0.3 is 10.2 Å². The lowest BCUT2D eigenvalue weighted by Crippen LogP contribution is -2.51. The summed E-state index contributed by atoms with van der Waals surface area (Å²) < 4.78 is 1.02. The maximum atomic E-state index is 13.6. The fraction of sp³-hybridized carbons (Fsp3) is 0.286. The fourth-order valence-corrected chi connectivity index (χ4v) is 5.13. The molecule has 0 bridgehead atoms. The molecule has 0 fully saturated rings. The highest BCUT2D eigenvalue weighted by Gasteiger charge is 2.30. The number of carbonyl (C=O) groups excluding carboxylic acids is 2. The SMILES string of the molecule is CCCNC(=O)[C@@H](Cc1ccccc1)N(Cc1ccc(Cl)c(Cl)c1)C(=O)CSCc1ccc(Br)cc1. The van der Waals surface area contributed by atoms with Crippen molar-refractivity contribution < 1.29 is 9.59 Å². The molecule has 3 aromatic rings. The van der Waals surface area contributed by atoms with Crippen LogP contribution in [0.1, 0.15) is 30.0 Å². The van der Waals surface area contributed by atoms with Crippen molar-refractivity contribution in [2.45, 2.75) is 38.1 Å². The van der Waals surface area contributed by atoms with Crippen LogP contribution in [0.5, 0.6) is 0 Å². The molecule has 1 atom stereocenters. The monoisotopic (exact) mass is 606 g/mol. The van der Waals surface area contributed by atoms with E-state index in [0.717, 1.165) is 27.6 Å². The van der Waals surface area contributed by atoms with Crippen molar-refractivity contribution in [2.75, 3.05) is 12.3 Å². The Bertz CT molecular complexity index is 1150. The summed E-state index contributed by atoms with van der Waals surface area (Å²) in [6.45, 7) is 2.81. The van der Waals surface area contributed by atoms with Gasteiger partial charge >= 0.3 is 0 Å². The number of thioether (sulfide) groups is 1. The van der Waals surface area contributed by atoms with Gasteiger partial charge in [-0.1, -0.05) is 94.6 Å². The van der Waals surface area contributed by atoms with E-state index in [2.05, 4.69) is 21.2 Å². The Hall–Kier alpha value is -1.99. The van der Waals surface area contributed by atoms with Crippen molar-refractivity contribution in [1.82, 2.24) is 10.2 Å². The van der Waals surface area contributed by atoms with Crippen LogP contribution >= 0.6 is 50.9 Å². The highest BCUT2D eigenvalue weighted by atomic mass is 79.9. The summed E-state index contributed by atoms with van der Waals surface area (Å²) >= 11 is 17.3. The number of amides is 2. The van der Waals surface area contributed by atoms with Crippen LogP contribution in [0.15, 0.2) is 77.3 Å². The number of nitrogens with one attached hydrogen (secondary N) is 1. The Morgan fingerprint density at radius 2 is 1.64 bits per heavy atom. The van der Waals surface area contributed by atoms with E-state index in [-0.39, 0.29) is 24.1 Å². The molecule has 8 heteroatoms. The van der Waals surface area contributed by atoms with E-state index in [4.69, 9.17) is 23.2 Å². The van der Waals surface area contributed by atoms with E-state index in [1.165, 1.54) is 11.8 Å². The molecule has 190 valence electrons. The molecule has 3 aromatic carbocycles. The third-order valence-electron chi connectivity index (χ3n) is 5.56. The van der Waals surface area contributed by atoms with Gasteiger partial charge in [0.15, 0.2) is 0 Å². The summed E-state index contributed by atoms with van der Waals surface area (Å²) in [6, 6.07) is 22.5. The van der Waals surface area contributed by atoms with Gasteiger partial charge in [0.1, 0.15) is 6.04 Å². The zero-order valence-corrected chi connectivity index (χ0v) is 24.0. The molecule has 0 aliphatic heterocycles. The molecular formula is C28H29BrCl2N2O2S. The van der Waals surface area contributed by atoms with Crippen molar-refractivity contribution in [3.8, 4) is 0 Å². The van der Waals surface area contributed by atoms with E-state index < -0.39 is 6.04 Å². The first kappa shape index (κ1) is 28.6. The maximum absolute atomic E-state index is 13.6. The Balaban J connectivity index is 1.84. The number of benzene rings is 3. The zero-order valence-electron chi connectivity index (χ0n) is 20.1. The van der Waals surface area contributed by atoms with Crippen LogP contribution in [-0.2, 0) is 28.3 Å². The van der Waals surface area contributed by atoms with Gasteiger partial charge in [-0.25, -0.2) is 0 Å². The van der Waals surface area contributed by atoms with E-state index in [0.29, 0.717) is 28.8 Å². The predicted molar refractivity (Wildman–Crippen MR) is 155 cm³/mol. The van der Waals surface area contributed by atoms with Crippen LogP contribution in [0.3, 0.4) is 0 Å². The third kappa shape index (κ3) is 8.84. The highest BCUT2D eigenvalue weighted by Crippen LogP contribution is 2.25. The van der Waals surface area contributed by atoms with E-state index in [1.54, 1.807) is 17.0 Å².